The van der Waals surface area contributed by atoms with Gasteiger partial charge in [0.2, 0.25) is 0 Å². The van der Waals surface area contributed by atoms with Gasteiger partial charge in [0.05, 0.1) is 5.76 Å². The van der Waals surface area contributed by atoms with Gasteiger partial charge in [-0.05, 0) is 32.0 Å². The van der Waals surface area contributed by atoms with Crippen molar-refractivity contribution in [3.8, 4) is 0 Å². The van der Waals surface area contributed by atoms with Crippen molar-refractivity contribution in [3.05, 3.63) is 11.8 Å². The molecule has 0 aromatic heterocycles. The van der Waals surface area contributed by atoms with Gasteiger partial charge in [-0.3, -0.25) is 4.79 Å². The number of carbonyl (C=O) groups is 1. The van der Waals surface area contributed by atoms with E-state index in [-0.39, 0.29) is 5.78 Å². The quantitative estimate of drug-likeness (QED) is 0.340. The smallest absolute Gasteiger partial charge is 0.250 e. The first-order valence-electron chi connectivity index (χ1n) is 6.87. The molecule has 0 aliphatic heterocycles. The molecule has 0 radical (unpaired) electrons. The Labute approximate surface area is 108 Å². The molecule has 100 valence electrons. The Balaban J connectivity index is 4.80. The SMILES string of the molecule is CCC[Si](CCC)(CCC)OC(C)=CC(C)=O. The molecule has 0 aromatic carbocycles. The molecule has 0 saturated carbocycles. The molecule has 0 spiro atoms. The van der Waals surface area contributed by atoms with Gasteiger partial charge in [0.25, 0.3) is 8.32 Å². The van der Waals surface area contributed by atoms with Crippen LogP contribution in [0.25, 0.3) is 0 Å². The first-order chi connectivity index (χ1) is 7.99. The molecule has 17 heavy (non-hydrogen) atoms. The Morgan fingerprint density at radius 2 is 1.41 bits per heavy atom. The molecule has 0 aliphatic carbocycles. The highest BCUT2D eigenvalue weighted by molar-refractivity contribution is 6.74. The van der Waals surface area contributed by atoms with E-state index in [1.54, 1.807) is 13.0 Å². The number of carbonyl (C=O) groups excluding carboxylic acids is 1. The summed E-state index contributed by atoms with van der Waals surface area (Å²) in [6, 6.07) is 3.62. The fourth-order valence-corrected chi connectivity index (χ4v) is 7.08. The number of allylic oxidation sites excluding steroid dienone is 2. The minimum atomic E-state index is -1.65. The van der Waals surface area contributed by atoms with Crippen LogP contribution in [0.5, 0.6) is 0 Å². The van der Waals surface area contributed by atoms with E-state index in [2.05, 4.69) is 20.8 Å². The molecule has 0 aromatic rings. The van der Waals surface area contributed by atoms with Gasteiger partial charge in [-0.2, -0.15) is 0 Å². The summed E-state index contributed by atoms with van der Waals surface area (Å²) in [6.45, 7) is 10.2. The average Bonchev–Trinajstić information content (AvgIpc) is 2.16. The second-order valence-electron chi connectivity index (χ2n) is 4.90. The second-order valence-corrected chi connectivity index (χ2v) is 8.97. The van der Waals surface area contributed by atoms with Crippen LogP contribution in [0.3, 0.4) is 0 Å². The van der Waals surface area contributed by atoms with E-state index in [1.807, 2.05) is 6.92 Å². The van der Waals surface area contributed by atoms with Crippen molar-refractivity contribution in [1.29, 1.82) is 0 Å². The zero-order valence-corrected chi connectivity index (χ0v) is 13.1. The molecule has 0 atom stereocenters. The third-order valence-corrected chi connectivity index (χ3v) is 7.89. The largest absolute Gasteiger partial charge is 0.547 e. The Morgan fingerprint density at radius 3 is 1.71 bits per heavy atom. The van der Waals surface area contributed by atoms with Gasteiger partial charge in [0, 0.05) is 6.08 Å². The molecule has 0 rings (SSSR count). The molecule has 3 heteroatoms. The van der Waals surface area contributed by atoms with Gasteiger partial charge >= 0.3 is 0 Å². The maximum atomic E-state index is 11.1. The van der Waals surface area contributed by atoms with Gasteiger partial charge in [-0.25, -0.2) is 0 Å². The Morgan fingerprint density at radius 1 is 1.00 bits per heavy atom. The lowest BCUT2D eigenvalue weighted by Gasteiger charge is -2.32. The summed E-state index contributed by atoms with van der Waals surface area (Å²) < 4.78 is 6.25. The maximum absolute atomic E-state index is 11.1. The summed E-state index contributed by atoms with van der Waals surface area (Å²) in [4.78, 5) is 11.1. The van der Waals surface area contributed by atoms with E-state index >= 15 is 0 Å². The normalized spacial score (nSPS) is 12.6. The van der Waals surface area contributed by atoms with Crippen LogP contribution in [0, 0.1) is 0 Å². The first kappa shape index (κ1) is 16.4. The molecule has 0 bridgehead atoms. The molecule has 0 unspecified atom stereocenters. The van der Waals surface area contributed by atoms with Gasteiger partial charge in [-0.1, -0.05) is 40.0 Å². The lowest BCUT2D eigenvalue weighted by molar-refractivity contribution is -0.112. The van der Waals surface area contributed by atoms with Crippen LogP contribution in [0.4, 0.5) is 0 Å². The van der Waals surface area contributed by atoms with E-state index in [0.717, 1.165) is 5.76 Å². The lowest BCUT2D eigenvalue weighted by Crippen LogP contribution is -2.37. The molecular formula is C14H28O2Si. The van der Waals surface area contributed by atoms with Crippen molar-refractivity contribution in [2.24, 2.45) is 0 Å². The van der Waals surface area contributed by atoms with Gasteiger partial charge in [-0.15, -0.1) is 0 Å². The van der Waals surface area contributed by atoms with Crippen LogP contribution in [0.2, 0.25) is 18.1 Å². The minimum absolute atomic E-state index is 0.0786. The van der Waals surface area contributed by atoms with Crippen molar-refractivity contribution >= 4 is 14.1 Å². The van der Waals surface area contributed by atoms with E-state index < -0.39 is 8.32 Å². The van der Waals surface area contributed by atoms with Crippen molar-refractivity contribution in [2.75, 3.05) is 0 Å². The molecule has 0 aliphatic rings. The van der Waals surface area contributed by atoms with Gasteiger partial charge in [0.1, 0.15) is 0 Å². The predicted molar refractivity (Wildman–Crippen MR) is 76.6 cm³/mol. The van der Waals surface area contributed by atoms with Crippen LogP contribution >= 0.6 is 0 Å². The molecule has 0 saturated heterocycles. The average molecular weight is 256 g/mol. The molecule has 0 heterocycles. The van der Waals surface area contributed by atoms with Crippen molar-refractivity contribution in [3.63, 3.8) is 0 Å². The van der Waals surface area contributed by atoms with E-state index in [0.29, 0.717) is 0 Å². The number of rotatable bonds is 9. The molecule has 0 fully saturated rings. The summed E-state index contributed by atoms with van der Waals surface area (Å²) in [5, 5.41) is 0. The van der Waals surface area contributed by atoms with Gasteiger partial charge in [0.15, 0.2) is 5.78 Å². The summed E-state index contributed by atoms with van der Waals surface area (Å²) in [7, 11) is -1.65. The minimum Gasteiger partial charge on any atom is -0.547 e. The number of hydrogen-bond acceptors (Lipinski definition) is 2. The second kappa shape index (κ2) is 8.51. The zero-order valence-electron chi connectivity index (χ0n) is 12.1. The highest BCUT2D eigenvalue weighted by Crippen LogP contribution is 2.29. The van der Waals surface area contributed by atoms with Crippen LogP contribution in [-0.2, 0) is 9.22 Å². The Hall–Kier alpha value is -0.573. The Kier molecular flexibility index (Phi) is 8.22. The number of hydrogen-bond donors (Lipinski definition) is 0. The van der Waals surface area contributed by atoms with E-state index in [4.69, 9.17) is 4.43 Å². The number of ketones is 1. The molecule has 2 nitrogen and oxygen atoms in total. The third-order valence-electron chi connectivity index (χ3n) is 2.90. The van der Waals surface area contributed by atoms with Crippen LogP contribution in [-0.4, -0.2) is 14.1 Å². The maximum Gasteiger partial charge on any atom is 0.250 e. The summed E-state index contributed by atoms with van der Waals surface area (Å²) in [6.07, 6.45) is 5.17. The fraction of sp³-hybridized carbons (Fsp3) is 0.786. The summed E-state index contributed by atoms with van der Waals surface area (Å²) in [5.74, 6) is 0.898. The topological polar surface area (TPSA) is 26.3 Å². The van der Waals surface area contributed by atoms with Crippen molar-refractivity contribution < 1.29 is 9.22 Å². The molecule has 0 amide bonds. The molecule has 0 N–H and O–H groups in total. The van der Waals surface area contributed by atoms with E-state index in [1.165, 1.54) is 37.4 Å². The van der Waals surface area contributed by atoms with Gasteiger partial charge < -0.3 is 4.43 Å². The van der Waals surface area contributed by atoms with Crippen LogP contribution < -0.4 is 0 Å². The Bertz CT molecular complexity index is 242. The lowest BCUT2D eigenvalue weighted by atomic mass is 10.4. The van der Waals surface area contributed by atoms with E-state index in [9.17, 15) is 4.79 Å². The van der Waals surface area contributed by atoms with Crippen LogP contribution in [0.15, 0.2) is 11.8 Å². The zero-order chi connectivity index (χ0) is 13.3. The highest BCUT2D eigenvalue weighted by atomic mass is 28.4. The van der Waals surface area contributed by atoms with Crippen LogP contribution in [0.1, 0.15) is 53.9 Å². The molecular weight excluding hydrogens is 228 g/mol. The van der Waals surface area contributed by atoms with Crippen molar-refractivity contribution in [2.45, 2.75) is 72.0 Å². The summed E-state index contributed by atoms with van der Waals surface area (Å²) >= 11 is 0. The third kappa shape index (κ3) is 6.67. The monoisotopic (exact) mass is 256 g/mol. The fourth-order valence-electron chi connectivity index (χ4n) is 2.55. The summed E-state index contributed by atoms with van der Waals surface area (Å²) in [5.41, 5.74) is 0. The predicted octanol–water partition coefficient (Wildman–Crippen LogP) is 4.67. The van der Waals surface area contributed by atoms with Crippen molar-refractivity contribution in [1.82, 2.24) is 0 Å². The first-order valence-corrected chi connectivity index (χ1v) is 9.40. The highest BCUT2D eigenvalue weighted by Gasteiger charge is 2.34. The standard InChI is InChI=1S/C14H28O2Si/c1-6-9-17(10-7-2,11-8-3)16-14(5)12-13(4)15/h12H,6-11H2,1-5H3.